The van der Waals surface area contributed by atoms with Crippen molar-refractivity contribution in [1.82, 2.24) is 20.9 Å². The summed E-state index contributed by atoms with van der Waals surface area (Å²) in [7, 11) is 1.88. The van der Waals surface area contributed by atoms with Gasteiger partial charge in [-0.2, -0.15) is 0 Å². The largest absolute Gasteiger partial charge is 0.480 e. The van der Waals surface area contributed by atoms with Crippen LogP contribution in [-0.2, 0) is 9.59 Å². The number of rotatable bonds is 6. The molecule has 0 bridgehead atoms. The molecule has 0 radical (unpaired) electrons. The molecular weight excluding hydrogens is 264 g/mol. The number of amides is 3. The van der Waals surface area contributed by atoms with Crippen LogP contribution >= 0.6 is 0 Å². The van der Waals surface area contributed by atoms with Crippen LogP contribution in [0.2, 0.25) is 0 Å². The molecule has 1 aliphatic heterocycles. The third-order valence-corrected chi connectivity index (χ3v) is 3.14. The molecule has 0 aromatic rings. The van der Waals surface area contributed by atoms with Crippen LogP contribution in [0.3, 0.4) is 0 Å². The maximum atomic E-state index is 11.9. The molecule has 0 aromatic carbocycles. The number of piperidine rings is 1. The van der Waals surface area contributed by atoms with Gasteiger partial charge >= 0.3 is 12.0 Å². The molecule has 1 rings (SSSR count). The Balaban J connectivity index is 2.27. The second-order valence-corrected chi connectivity index (χ2v) is 4.84. The minimum Gasteiger partial charge on any atom is -0.480 e. The highest BCUT2D eigenvalue weighted by Crippen LogP contribution is 2.15. The number of urea groups is 1. The van der Waals surface area contributed by atoms with Crippen molar-refractivity contribution in [3.8, 4) is 0 Å². The van der Waals surface area contributed by atoms with Crippen molar-refractivity contribution in [1.29, 1.82) is 0 Å². The molecule has 8 heteroatoms. The molecule has 1 atom stereocenters. The number of nitrogens with zero attached hydrogens (tertiary/aromatic N) is 1. The first-order valence-electron chi connectivity index (χ1n) is 6.68. The van der Waals surface area contributed by atoms with Gasteiger partial charge in [0.1, 0.15) is 6.54 Å². The molecule has 1 aliphatic rings. The Labute approximate surface area is 117 Å². The molecule has 1 fully saturated rings. The SMILES string of the molecule is CNCC1CCCN(C(=O)NCC(=O)NCC(=O)O)C1. The first-order valence-corrected chi connectivity index (χ1v) is 6.68. The highest BCUT2D eigenvalue weighted by molar-refractivity contribution is 5.86. The Morgan fingerprint density at radius 3 is 2.65 bits per heavy atom. The number of likely N-dealkylation sites (tertiary alicyclic amines) is 1. The van der Waals surface area contributed by atoms with Crippen molar-refractivity contribution in [2.24, 2.45) is 5.92 Å². The fourth-order valence-corrected chi connectivity index (χ4v) is 2.21. The van der Waals surface area contributed by atoms with E-state index in [1.807, 2.05) is 7.05 Å². The summed E-state index contributed by atoms with van der Waals surface area (Å²) in [6.45, 7) is 1.57. The summed E-state index contributed by atoms with van der Waals surface area (Å²) in [5, 5.41) is 16.2. The van der Waals surface area contributed by atoms with Crippen LogP contribution in [0.15, 0.2) is 0 Å². The zero-order valence-corrected chi connectivity index (χ0v) is 11.6. The minimum atomic E-state index is -1.12. The maximum Gasteiger partial charge on any atom is 0.322 e. The normalized spacial score (nSPS) is 18.4. The van der Waals surface area contributed by atoms with Crippen molar-refractivity contribution >= 4 is 17.9 Å². The van der Waals surface area contributed by atoms with Crippen molar-refractivity contribution in [3.63, 3.8) is 0 Å². The molecule has 20 heavy (non-hydrogen) atoms. The molecule has 1 unspecified atom stereocenters. The first-order chi connectivity index (χ1) is 9.52. The Morgan fingerprint density at radius 2 is 2.00 bits per heavy atom. The van der Waals surface area contributed by atoms with Gasteiger partial charge in [-0.15, -0.1) is 0 Å². The summed E-state index contributed by atoms with van der Waals surface area (Å²) in [5.41, 5.74) is 0. The van der Waals surface area contributed by atoms with E-state index in [0.29, 0.717) is 19.0 Å². The third-order valence-electron chi connectivity index (χ3n) is 3.14. The zero-order chi connectivity index (χ0) is 15.0. The molecule has 3 amide bonds. The smallest absolute Gasteiger partial charge is 0.322 e. The van der Waals surface area contributed by atoms with Crippen molar-refractivity contribution in [2.45, 2.75) is 12.8 Å². The topological polar surface area (TPSA) is 111 Å². The van der Waals surface area contributed by atoms with E-state index in [2.05, 4.69) is 16.0 Å². The number of carboxylic acids is 1. The summed E-state index contributed by atoms with van der Waals surface area (Å²) in [6.07, 6.45) is 2.04. The number of hydrogen-bond acceptors (Lipinski definition) is 4. The summed E-state index contributed by atoms with van der Waals surface area (Å²) >= 11 is 0. The van der Waals surface area contributed by atoms with E-state index >= 15 is 0 Å². The Morgan fingerprint density at radius 1 is 1.25 bits per heavy atom. The Bertz CT molecular complexity index is 359. The average Bonchev–Trinajstić information content (AvgIpc) is 2.43. The lowest BCUT2D eigenvalue weighted by atomic mass is 9.98. The van der Waals surface area contributed by atoms with Gasteiger partial charge in [0.15, 0.2) is 0 Å². The van der Waals surface area contributed by atoms with Gasteiger partial charge in [0.05, 0.1) is 6.54 Å². The quantitative estimate of drug-likeness (QED) is 0.491. The van der Waals surface area contributed by atoms with Crippen LogP contribution in [0, 0.1) is 5.92 Å². The van der Waals surface area contributed by atoms with E-state index in [1.54, 1.807) is 4.90 Å². The molecule has 1 saturated heterocycles. The summed E-state index contributed by atoms with van der Waals surface area (Å²) in [6, 6.07) is -0.281. The van der Waals surface area contributed by atoms with E-state index in [0.717, 1.165) is 19.4 Å². The average molecular weight is 286 g/mol. The minimum absolute atomic E-state index is 0.209. The van der Waals surface area contributed by atoms with E-state index in [-0.39, 0.29) is 12.6 Å². The number of hydrogen-bond donors (Lipinski definition) is 4. The van der Waals surface area contributed by atoms with Crippen LogP contribution in [0.25, 0.3) is 0 Å². The molecule has 1 heterocycles. The molecule has 8 nitrogen and oxygen atoms in total. The highest BCUT2D eigenvalue weighted by Gasteiger charge is 2.23. The maximum absolute atomic E-state index is 11.9. The van der Waals surface area contributed by atoms with Gasteiger partial charge in [0.25, 0.3) is 0 Å². The van der Waals surface area contributed by atoms with Crippen LogP contribution in [0.5, 0.6) is 0 Å². The number of carbonyl (C=O) groups excluding carboxylic acids is 2. The number of carboxylic acid groups (broad SMARTS) is 1. The second-order valence-electron chi connectivity index (χ2n) is 4.84. The van der Waals surface area contributed by atoms with Crippen molar-refractivity contribution in [3.05, 3.63) is 0 Å². The molecule has 0 aromatic heterocycles. The third kappa shape index (κ3) is 5.87. The summed E-state index contributed by atoms with van der Waals surface area (Å²) in [5.74, 6) is -1.19. The van der Waals surface area contributed by atoms with Gasteiger partial charge in [-0.25, -0.2) is 4.79 Å². The molecule has 4 N–H and O–H groups in total. The molecule has 114 valence electrons. The standard InChI is InChI=1S/C12H22N4O4/c1-13-5-9-3-2-4-16(8-9)12(20)15-6-10(17)14-7-11(18)19/h9,13H,2-8H2,1H3,(H,14,17)(H,15,20)(H,18,19). The first kappa shape index (κ1) is 16.2. The zero-order valence-electron chi connectivity index (χ0n) is 11.6. The number of carbonyl (C=O) groups is 3. The number of nitrogens with one attached hydrogen (secondary N) is 3. The van der Waals surface area contributed by atoms with Gasteiger partial charge in [-0.1, -0.05) is 0 Å². The van der Waals surface area contributed by atoms with Crippen LogP contribution in [0.4, 0.5) is 4.79 Å². The fraction of sp³-hybridized carbons (Fsp3) is 0.750. The van der Waals surface area contributed by atoms with E-state index in [4.69, 9.17) is 5.11 Å². The van der Waals surface area contributed by atoms with Gasteiger partial charge < -0.3 is 26.0 Å². The van der Waals surface area contributed by atoms with Crippen molar-refractivity contribution in [2.75, 3.05) is 39.8 Å². The molecule has 0 saturated carbocycles. The fourth-order valence-electron chi connectivity index (χ4n) is 2.21. The summed E-state index contributed by atoms with van der Waals surface area (Å²) in [4.78, 5) is 35.1. The van der Waals surface area contributed by atoms with Crippen LogP contribution in [0.1, 0.15) is 12.8 Å². The lowest BCUT2D eigenvalue weighted by molar-refractivity contribution is -0.137. The van der Waals surface area contributed by atoms with E-state index < -0.39 is 18.4 Å². The van der Waals surface area contributed by atoms with Crippen LogP contribution < -0.4 is 16.0 Å². The predicted octanol–water partition coefficient (Wildman–Crippen LogP) is -1.17. The van der Waals surface area contributed by atoms with Gasteiger partial charge in [0.2, 0.25) is 5.91 Å². The predicted molar refractivity (Wildman–Crippen MR) is 72.3 cm³/mol. The van der Waals surface area contributed by atoms with E-state index in [1.165, 1.54) is 0 Å². The summed E-state index contributed by atoms with van der Waals surface area (Å²) < 4.78 is 0. The van der Waals surface area contributed by atoms with Gasteiger partial charge in [-0.3, -0.25) is 9.59 Å². The Kier molecular flexibility index (Phi) is 6.78. The van der Waals surface area contributed by atoms with Crippen LogP contribution in [-0.4, -0.2) is 67.7 Å². The second kappa shape index (κ2) is 8.36. The molecule has 0 aliphatic carbocycles. The highest BCUT2D eigenvalue weighted by atomic mass is 16.4. The van der Waals surface area contributed by atoms with Gasteiger partial charge in [-0.05, 0) is 32.4 Å². The van der Waals surface area contributed by atoms with Gasteiger partial charge in [0, 0.05) is 13.1 Å². The Hall–Kier alpha value is -1.83. The molecule has 0 spiro atoms. The monoisotopic (exact) mass is 286 g/mol. The number of aliphatic carboxylic acids is 1. The molecular formula is C12H22N4O4. The lowest BCUT2D eigenvalue weighted by Crippen LogP contribution is -2.49. The van der Waals surface area contributed by atoms with E-state index in [9.17, 15) is 14.4 Å². The lowest BCUT2D eigenvalue weighted by Gasteiger charge is -2.32. The van der Waals surface area contributed by atoms with Crippen molar-refractivity contribution < 1.29 is 19.5 Å².